The fourth-order valence-electron chi connectivity index (χ4n) is 4.10. The van der Waals surface area contributed by atoms with Crippen LogP contribution in [0.1, 0.15) is 63.5 Å². The van der Waals surface area contributed by atoms with Crippen LogP contribution in [0.25, 0.3) is 33.2 Å². The van der Waals surface area contributed by atoms with E-state index in [4.69, 9.17) is 9.97 Å². The smallest absolute Gasteiger partial charge is 0.0894 e. The van der Waals surface area contributed by atoms with Gasteiger partial charge in [0.2, 0.25) is 0 Å². The minimum Gasteiger partial charge on any atom is -0.246 e. The lowest BCUT2D eigenvalue weighted by atomic mass is 10.0. The van der Waals surface area contributed by atoms with Crippen molar-refractivity contribution in [2.75, 3.05) is 0 Å². The van der Waals surface area contributed by atoms with Gasteiger partial charge in [0.05, 0.1) is 22.4 Å². The summed E-state index contributed by atoms with van der Waals surface area (Å²) in [6.45, 7) is 4.50. The lowest BCUT2D eigenvalue weighted by molar-refractivity contribution is 0.718. The number of pyridine rings is 2. The highest BCUT2D eigenvalue weighted by molar-refractivity contribution is 5.84. The number of aromatic nitrogens is 2. The summed E-state index contributed by atoms with van der Waals surface area (Å²) in [5.41, 5.74) is 6.78. The number of fused-ring (bicyclic) bond motifs is 2. The van der Waals surface area contributed by atoms with E-state index in [1.165, 1.54) is 60.4 Å². The number of rotatable bonds is 9. The van der Waals surface area contributed by atoms with Crippen molar-refractivity contribution in [3.05, 3.63) is 71.8 Å². The van der Waals surface area contributed by atoms with Gasteiger partial charge in [-0.25, -0.2) is 9.97 Å². The maximum absolute atomic E-state index is 4.89. The Bertz CT molecular complexity index is 1040. The summed E-state index contributed by atoms with van der Waals surface area (Å²) in [6, 6.07) is 21.9. The Morgan fingerprint density at radius 1 is 0.533 bits per heavy atom. The predicted molar refractivity (Wildman–Crippen MR) is 129 cm³/mol. The van der Waals surface area contributed by atoms with E-state index in [0.717, 1.165) is 35.3 Å². The fourth-order valence-corrected chi connectivity index (χ4v) is 4.10. The van der Waals surface area contributed by atoms with E-state index in [1.54, 1.807) is 0 Å². The second-order valence-corrected chi connectivity index (χ2v) is 8.36. The highest BCUT2D eigenvalue weighted by Gasteiger charge is 2.06. The molecule has 0 spiro atoms. The van der Waals surface area contributed by atoms with Crippen LogP contribution in [0.4, 0.5) is 0 Å². The minimum absolute atomic E-state index is 0.940. The van der Waals surface area contributed by atoms with Crippen LogP contribution in [0.2, 0.25) is 0 Å². The van der Waals surface area contributed by atoms with Gasteiger partial charge >= 0.3 is 0 Å². The zero-order chi connectivity index (χ0) is 20.8. The SMILES string of the molecule is CCCCCc1ccc2nc(-c3ccc4cc(CCCCC)ccc4n3)ccc2c1. The monoisotopic (exact) mass is 396 g/mol. The Morgan fingerprint density at radius 3 is 1.43 bits per heavy atom. The number of hydrogen-bond donors (Lipinski definition) is 0. The van der Waals surface area contributed by atoms with Crippen molar-refractivity contribution in [2.24, 2.45) is 0 Å². The summed E-state index contributed by atoms with van der Waals surface area (Å²) in [5.74, 6) is 0. The lowest BCUT2D eigenvalue weighted by Crippen LogP contribution is -1.92. The number of benzene rings is 2. The summed E-state index contributed by atoms with van der Waals surface area (Å²) in [7, 11) is 0. The molecule has 0 fully saturated rings. The highest BCUT2D eigenvalue weighted by atomic mass is 14.8. The van der Waals surface area contributed by atoms with Crippen LogP contribution in [0.15, 0.2) is 60.7 Å². The molecular weight excluding hydrogens is 364 g/mol. The third kappa shape index (κ3) is 4.87. The largest absolute Gasteiger partial charge is 0.246 e. The topological polar surface area (TPSA) is 25.8 Å². The Balaban J connectivity index is 1.56. The number of hydrogen-bond acceptors (Lipinski definition) is 2. The van der Waals surface area contributed by atoms with Crippen molar-refractivity contribution in [1.82, 2.24) is 9.97 Å². The van der Waals surface area contributed by atoms with Crippen LogP contribution in [0.3, 0.4) is 0 Å². The molecule has 0 radical (unpaired) electrons. The molecule has 0 N–H and O–H groups in total. The molecule has 0 aliphatic heterocycles. The third-order valence-corrected chi connectivity index (χ3v) is 5.91. The van der Waals surface area contributed by atoms with Crippen LogP contribution >= 0.6 is 0 Å². The van der Waals surface area contributed by atoms with E-state index in [2.05, 4.69) is 74.5 Å². The molecule has 2 aromatic carbocycles. The van der Waals surface area contributed by atoms with Gasteiger partial charge in [0.15, 0.2) is 0 Å². The third-order valence-electron chi connectivity index (χ3n) is 5.91. The molecule has 30 heavy (non-hydrogen) atoms. The van der Waals surface area contributed by atoms with Crippen molar-refractivity contribution >= 4 is 21.8 Å². The molecule has 2 heteroatoms. The summed E-state index contributed by atoms with van der Waals surface area (Å²) >= 11 is 0. The van der Waals surface area contributed by atoms with Gasteiger partial charge in [-0.05, 0) is 73.2 Å². The quantitative estimate of drug-likeness (QED) is 0.269. The standard InChI is InChI=1S/C28H32N2/c1-3-5-7-9-21-11-15-25-23(19-21)13-17-27(29-25)28-18-14-24-20-22(10-8-6-4-2)12-16-26(24)30-28/h11-20H,3-10H2,1-2H3. The van der Waals surface area contributed by atoms with E-state index in [-0.39, 0.29) is 0 Å². The van der Waals surface area contributed by atoms with Crippen molar-refractivity contribution < 1.29 is 0 Å². The average molecular weight is 397 g/mol. The van der Waals surface area contributed by atoms with Gasteiger partial charge in [-0.3, -0.25) is 0 Å². The second-order valence-electron chi connectivity index (χ2n) is 8.36. The predicted octanol–water partition coefficient (Wildman–Crippen LogP) is 7.92. The van der Waals surface area contributed by atoms with Gasteiger partial charge in [-0.1, -0.05) is 63.8 Å². The van der Waals surface area contributed by atoms with Crippen LogP contribution in [0, 0.1) is 0 Å². The molecule has 0 aliphatic carbocycles. The van der Waals surface area contributed by atoms with E-state index in [0.29, 0.717) is 0 Å². The van der Waals surface area contributed by atoms with Crippen molar-refractivity contribution in [3.8, 4) is 11.4 Å². The molecule has 0 amide bonds. The first kappa shape index (κ1) is 20.5. The Morgan fingerprint density at radius 2 is 1.00 bits per heavy atom. The zero-order valence-electron chi connectivity index (χ0n) is 18.3. The molecule has 0 bridgehead atoms. The van der Waals surface area contributed by atoms with Gasteiger partial charge in [-0.2, -0.15) is 0 Å². The molecule has 2 nitrogen and oxygen atoms in total. The highest BCUT2D eigenvalue weighted by Crippen LogP contribution is 2.24. The molecule has 0 aliphatic rings. The fraction of sp³-hybridized carbons (Fsp3) is 0.357. The summed E-state index contributed by atoms with van der Waals surface area (Å²) in [6.07, 6.45) is 9.93. The van der Waals surface area contributed by atoms with E-state index in [1.807, 2.05) is 0 Å². The first-order chi connectivity index (χ1) is 14.8. The van der Waals surface area contributed by atoms with Crippen LogP contribution in [-0.4, -0.2) is 9.97 Å². The molecule has 0 unspecified atom stereocenters. The van der Waals surface area contributed by atoms with Gasteiger partial charge in [0, 0.05) is 10.8 Å². The Labute approximate surface area is 180 Å². The van der Waals surface area contributed by atoms with Gasteiger partial charge < -0.3 is 0 Å². The lowest BCUT2D eigenvalue weighted by Gasteiger charge is -2.07. The first-order valence-electron chi connectivity index (χ1n) is 11.6. The van der Waals surface area contributed by atoms with Crippen LogP contribution in [0.5, 0.6) is 0 Å². The van der Waals surface area contributed by atoms with Gasteiger partial charge in [-0.15, -0.1) is 0 Å². The molecular formula is C28H32N2. The van der Waals surface area contributed by atoms with Crippen LogP contribution < -0.4 is 0 Å². The minimum atomic E-state index is 0.940. The summed E-state index contributed by atoms with van der Waals surface area (Å²) < 4.78 is 0. The van der Waals surface area contributed by atoms with Crippen molar-refractivity contribution in [1.29, 1.82) is 0 Å². The first-order valence-corrected chi connectivity index (χ1v) is 11.6. The molecule has 0 saturated heterocycles. The molecule has 4 rings (SSSR count). The molecule has 154 valence electrons. The number of nitrogens with zero attached hydrogens (tertiary/aromatic N) is 2. The van der Waals surface area contributed by atoms with Crippen molar-refractivity contribution in [3.63, 3.8) is 0 Å². The molecule has 0 saturated carbocycles. The van der Waals surface area contributed by atoms with Crippen LogP contribution in [-0.2, 0) is 12.8 Å². The van der Waals surface area contributed by atoms with Crippen molar-refractivity contribution in [2.45, 2.75) is 65.2 Å². The van der Waals surface area contributed by atoms with E-state index < -0.39 is 0 Å². The molecule has 4 aromatic rings. The maximum Gasteiger partial charge on any atom is 0.0894 e. The Kier molecular flexibility index (Phi) is 6.74. The summed E-state index contributed by atoms with van der Waals surface area (Å²) in [4.78, 5) is 9.79. The molecule has 2 heterocycles. The van der Waals surface area contributed by atoms with E-state index in [9.17, 15) is 0 Å². The molecule has 0 atom stereocenters. The average Bonchev–Trinajstić information content (AvgIpc) is 2.78. The maximum atomic E-state index is 4.89. The van der Waals surface area contributed by atoms with Gasteiger partial charge in [0.25, 0.3) is 0 Å². The summed E-state index contributed by atoms with van der Waals surface area (Å²) in [5, 5.41) is 2.43. The molecule has 2 aromatic heterocycles. The number of aryl methyl sites for hydroxylation is 2. The number of unbranched alkanes of at least 4 members (excludes halogenated alkanes) is 4. The Hall–Kier alpha value is -2.74. The second kappa shape index (κ2) is 9.84. The van der Waals surface area contributed by atoms with Gasteiger partial charge in [0.1, 0.15) is 0 Å². The van der Waals surface area contributed by atoms with E-state index >= 15 is 0 Å². The normalized spacial score (nSPS) is 11.4. The zero-order valence-corrected chi connectivity index (χ0v) is 18.3.